The van der Waals surface area contributed by atoms with E-state index in [0.29, 0.717) is 5.02 Å². The molecule has 1 aromatic carbocycles. The zero-order chi connectivity index (χ0) is 11.8. The van der Waals surface area contributed by atoms with Crippen molar-refractivity contribution < 1.29 is 4.39 Å². The van der Waals surface area contributed by atoms with E-state index in [1.807, 2.05) is 0 Å². The van der Waals surface area contributed by atoms with Crippen LogP contribution in [0.3, 0.4) is 0 Å². The van der Waals surface area contributed by atoms with Gasteiger partial charge in [-0.3, -0.25) is 0 Å². The molecule has 0 aliphatic heterocycles. The Bertz CT molecular complexity index is 386. The Morgan fingerprint density at radius 2 is 2.12 bits per heavy atom. The molecule has 0 atom stereocenters. The zero-order valence-electron chi connectivity index (χ0n) is 9.69. The van der Waals surface area contributed by atoms with Gasteiger partial charge in [0.1, 0.15) is 5.82 Å². The number of hydrogen-bond donors (Lipinski definition) is 1. The van der Waals surface area contributed by atoms with Gasteiger partial charge in [0.15, 0.2) is 0 Å². The SMILES string of the molecule is CC(C)(NCC1CC1)c1ccc(F)cc1Cl. The molecule has 0 spiro atoms. The van der Waals surface area contributed by atoms with E-state index in [1.165, 1.54) is 25.0 Å². The highest BCUT2D eigenvalue weighted by molar-refractivity contribution is 6.31. The van der Waals surface area contributed by atoms with Crippen LogP contribution in [0.4, 0.5) is 4.39 Å². The van der Waals surface area contributed by atoms with Gasteiger partial charge in [-0.2, -0.15) is 0 Å². The van der Waals surface area contributed by atoms with Crippen molar-refractivity contribution in [1.29, 1.82) is 0 Å². The molecule has 0 unspecified atom stereocenters. The molecule has 1 fully saturated rings. The molecule has 1 aromatic rings. The van der Waals surface area contributed by atoms with Crippen LogP contribution in [0.2, 0.25) is 5.02 Å². The van der Waals surface area contributed by atoms with E-state index in [-0.39, 0.29) is 11.4 Å². The molecule has 0 heterocycles. The van der Waals surface area contributed by atoms with Gasteiger partial charge in [-0.25, -0.2) is 4.39 Å². The predicted molar refractivity (Wildman–Crippen MR) is 65.2 cm³/mol. The quantitative estimate of drug-likeness (QED) is 0.847. The summed E-state index contributed by atoms with van der Waals surface area (Å²) in [6.45, 7) is 5.17. The summed E-state index contributed by atoms with van der Waals surface area (Å²) in [5.74, 6) is 0.533. The molecule has 0 radical (unpaired) electrons. The van der Waals surface area contributed by atoms with Gasteiger partial charge in [-0.1, -0.05) is 17.7 Å². The van der Waals surface area contributed by atoms with Crippen LogP contribution in [0, 0.1) is 11.7 Å². The van der Waals surface area contributed by atoms with Crippen LogP contribution in [-0.4, -0.2) is 6.54 Å². The molecule has 3 heteroatoms. The summed E-state index contributed by atoms with van der Waals surface area (Å²) >= 11 is 6.06. The number of nitrogens with one attached hydrogen (secondary N) is 1. The second-order valence-corrected chi connectivity index (χ2v) is 5.48. The van der Waals surface area contributed by atoms with Gasteiger partial charge in [0, 0.05) is 10.6 Å². The van der Waals surface area contributed by atoms with Crippen molar-refractivity contribution in [3.05, 3.63) is 34.6 Å². The normalized spacial score (nSPS) is 16.5. The zero-order valence-corrected chi connectivity index (χ0v) is 10.4. The van der Waals surface area contributed by atoms with E-state index in [1.54, 1.807) is 6.07 Å². The summed E-state index contributed by atoms with van der Waals surface area (Å²) in [5.41, 5.74) is 0.754. The van der Waals surface area contributed by atoms with Gasteiger partial charge in [-0.05, 0) is 56.8 Å². The predicted octanol–water partition coefficient (Wildman–Crippen LogP) is 3.71. The summed E-state index contributed by atoms with van der Waals surface area (Å²) in [7, 11) is 0. The van der Waals surface area contributed by atoms with Gasteiger partial charge < -0.3 is 5.32 Å². The molecule has 0 amide bonds. The van der Waals surface area contributed by atoms with E-state index in [0.717, 1.165) is 18.0 Å². The standard InChI is InChI=1S/C13H17ClFN/c1-13(2,16-8-9-3-4-9)11-6-5-10(15)7-12(11)14/h5-7,9,16H,3-4,8H2,1-2H3. The third-order valence-electron chi connectivity index (χ3n) is 3.13. The highest BCUT2D eigenvalue weighted by Crippen LogP contribution is 2.32. The molecule has 1 aliphatic carbocycles. The minimum atomic E-state index is -0.285. The highest BCUT2D eigenvalue weighted by Gasteiger charge is 2.27. The van der Waals surface area contributed by atoms with Gasteiger partial charge in [-0.15, -0.1) is 0 Å². The number of benzene rings is 1. The largest absolute Gasteiger partial charge is 0.308 e. The Morgan fingerprint density at radius 3 is 2.69 bits per heavy atom. The van der Waals surface area contributed by atoms with Crippen LogP contribution in [0.1, 0.15) is 32.3 Å². The molecule has 2 rings (SSSR count). The molecular formula is C13H17ClFN. The molecule has 1 saturated carbocycles. The van der Waals surface area contributed by atoms with E-state index in [9.17, 15) is 4.39 Å². The van der Waals surface area contributed by atoms with Crippen LogP contribution in [0.25, 0.3) is 0 Å². The molecule has 0 saturated heterocycles. The lowest BCUT2D eigenvalue weighted by Crippen LogP contribution is -2.38. The fourth-order valence-electron chi connectivity index (χ4n) is 1.81. The number of rotatable bonds is 4. The average molecular weight is 242 g/mol. The Morgan fingerprint density at radius 1 is 1.44 bits per heavy atom. The number of hydrogen-bond acceptors (Lipinski definition) is 1. The van der Waals surface area contributed by atoms with E-state index in [4.69, 9.17) is 11.6 Å². The Kier molecular flexibility index (Phi) is 3.22. The first kappa shape index (κ1) is 11.9. The van der Waals surface area contributed by atoms with Gasteiger partial charge in [0.2, 0.25) is 0 Å². The minimum absolute atomic E-state index is 0.201. The van der Waals surface area contributed by atoms with E-state index in [2.05, 4.69) is 19.2 Å². The Labute approximate surface area is 101 Å². The average Bonchev–Trinajstić information content (AvgIpc) is 2.97. The minimum Gasteiger partial charge on any atom is -0.308 e. The first-order valence-corrected chi connectivity index (χ1v) is 6.07. The summed E-state index contributed by atoms with van der Waals surface area (Å²) in [5, 5.41) is 3.98. The van der Waals surface area contributed by atoms with E-state index >= 15 is 0 Å². The second kappa shape index (κ2) is 4.34. The molecule has 88 valence electrons. The van der Waals surface area contributed by atoms with Crippen molar-refractivity contribution in [2.24, 2.45) is 5.92 Å². The third kappa shape index (κ3) is 2.74. The molecule has 1 aliphatic rings. The van der Waals surface area contributed by atoms with Crippen molar-refractivity contribution in [2.45, 2.75) is 32.2 Å². The monoisotopic (exact) mass is 241 g/mol. The van der Waals surface area contributed by atoms with Gasteiger partial charge in [0.05, 0.1) is 0 Å². The van der Waals surface area contributed by atoms with Crippen LogP contribution < -0.4 is 5.32 Å². The lowest BCUT2D eigenvalue weighted by molar-refractivity contribution is 0.394. The van der Waals surface area contributed by atoms with Crippen molar-refractivity contribution in [2.75, 3.05) is 6.54 Å². The summed E-state index contributed by atoms with van der Waals surface area (Å²) in [6.07, 6.45) is 2.64. The van der Waals surface area contributed by atoms with Gasteiger partial charge in [0.25, 0.3) is 0 Å². The fraction of sp³-hybridized carbons (Fsp3) is 0.538. The third-order valence-corrected chi connectivity index (χ3v) is 3.45. The highest BCUT2D eigenvalue weighted by atomic mass is 35.5. The van der Waals surface area contributed by atoms with Crippen LogP contribution in [-0.2, 0) is 5.54 Å². The maximum Gasteiger partial charge on any atom is 0.124 e. The fourth-order valence-corrected chi connectivity index (χ4v) is 2.22. The first-order valence-electron chi connectivity index (χ1n) is 5.69. The van der Waals surface area contributed by atoms with Crippen LogP contribution in [0.5, 0.6) is 0 Å². The number of halogens is 2. The van der Waals surface area contributed by atoms with Crippen molar-refractivity contribution in [3.8, 4) is 0 Å². The molecule has 0 aromatic heterocycles. The van der Waals surface area contributed by atoms with Crippen molar-refractivity contribution in [3.63, 3.8) is 0 Å². The maximum atomic E-state index is 13.0. The summed E-state index contributed by atoms with van der Waals surface area (Å²) in [4.78, 5) is 0. The van der Waals surface area contributed by atoms with E-state index < -0.39 is 0 Å². The van der Waals surface area contributed by atoms with Gasteiger partial charge >= 0.3 is 0 Å². The Balaban J connectivity index is 2.12. The van der Waals surface area contributed by atoms with Crippen LogP contribution >= 0.6 is 11.6 Å². The molecule has 1 nitrogen and oxygen atoms in total. The molecule has 16 heavy (non-hydrogen) atoms. The van der Waals surface area contributed by atoms with Crippen molar-refractivity contribution in [1.82, 2.24) is 5.32 Å². The molecule has 1 N–H and O–H groups in total. The smallest absolute Gasteiger partial charge is 0.124 e. The lowest BCUT2D eigenvalue weighted by Gasteiger charge is -2.28. The Hall–Kier alpha value is -0.600. The first-order chi connectivity index (χ1) is 7.49. The van der Waals surface area contributed by atoms with Crippen molar-refractivity contribution >= 4 is 11.6 Å². The summed E-state index contributed by atoms with van der Waals surface area (Å²) in [6, 6.07) is 4.59. The summed E-state index contributed by atoms with van der Waals surface area (Å²) < 4.78 is 13.0. The lowest BCUT2D eigenvalue weighted by atomic mass is 9.94. The maximum absolute atomic E-state index is 13.0. The second-order valence-electron chi connectivity index (χ2n) is 5.07. The topological polar surface area (TPSA) is 12.0 Å². The molecule has 0 bridgehead atoms. The van der Waals surface area contributed by atoms with Crippen LogP contribution in [0.15, 0.2) is 18.2 Å². The molecular weight excluding hydrogens is 225 g/mol.